The van der Waals surface area contributed by atoms with Crippen LogP contribution in [0, 0.1) is 0 Å². The van der Waals surface area contributed by atoms with E-state index < -0.39 is 0 Å². The number of aromatic nitrogens is 3. The van der Waals surface area contributed by atoms with Crippen molar-refractivity contribution in [2.75, 3.05) is 0 Å². The monoisotopic (exact) mass is 181 g/mol. The molecule has 74 valence electrons. The Morgan fingerprint density at radius 3 is 1.92 bits per heavy atom. The first-order valence-corrected chi connectivity index (χ1v) is 4.64. The summed E-state index contributed by atoms with van der Waals surface area (Å²) in [7, 11) is 0. The standard InChI is InChI=1S/C10H19N3/c1-9(2,3)8-12-11-7-13(8)10(4,5)6/h7H,1-6H3. The normalized spacial score (nSPS) is 13.4. The summed E-state index contributed by atoms with van der Waals surface area (Å²) in [6.45, 7) is 12.9. The van der Waals surface area contributed by atoms with E-state index in [0.29, 0.717) is 0 Å². The van der Waals surface area contributed by atoms with Gasteiger partial charge in [-0.3, -0.25) is 0 Å². The molecular weight excluding hydrogens is 162 g/mol. The summed E-state index contributed by atoms with van der Waals surface area (Å²) in [5.74, 6) is 1.04. The van der Waals surface area contributed by atoms with Crippen LogP contribution in [0.1, 0.15) is 47.4 Å². The molecule has 0 atom stereocenters. The number of rotatable bonds is 0. The fourth-order valence-electron chi connectivity index (χ4n) is 1.24. The quantitative estimate of drug-likeness (QED) is 0.615. The van der Waals surface area contributed by atoms with Crippen molar-refractivity contribution in [1.82, 2.24) is 14.8 Å². The van der Waals surface area contributed by atoms with Gasteiger partial charge in [-0.15, -0.1) is 10.2 Å². The van der Waals surface area contributed by atoms with E-state index in [1.807, 2.05) is 0 Å². The van der Waals surface area contributed by atoms with Crippen LogP contribution in [0.3, 0.4) is 0 Å². The van der Waals surface area contributed by atoms with Crippen LogP contribution < -0.4 is 0 Å². The number of hydrogen-bond acceptors (Lipinski definition) is 2. The van der Waals surface area contributed by atoms with Crippen molar-refractivity contribution in [3.8, 4) is 0 Å². The largest absolute Gasteiger partial charge is 0.312 e. The van der Waals surface area contributed by atoms with Crippen LogP contribution in [0.2, 0.25) is 0 Å². The Bertz CT molecular complexity index is 257. The Labute approximate surface area is 80.2 Å². The van der Waals surface area contributed by atoms with E-state index in [1.54, 1.807) is 6.33 Å². The molecule has 0 spiro atoms. The molecule has 0 bridgehead atoms. The van der Waals surface area contributed by atoms with Crippen LogP contribution in [0.5, 0.6) is 0 Å². The highest BCUT2D eigenvalue weighted by Crippen LogP contribution is 2.24. The summed E-state index contributed by atoms with van der Waals surface area (Å²) in [5, 5.41) is 8.13. The molecule has 0 saturated carbocycles. The van der Waals surface area contributed by atoms with Crippen molar-refractivity contribution < 1.29 is 0 Å². The second-order valence-electron chi connectivity index (χ2n) is 5.45. The Morgan fingerprint density at radius 2 is 1.62 bits per heavy atom. The molecule has 0 N–H and O–H groups in total. The van der Waals surface area contributed by atoms with Crippen LogP contribution in [-0.2, 0) is 11.0 Å². The SMILES string of the molecule is CC(C)(C)c1nncn1C(C)(C)C. The predicted octanol–water partition coefficient (Wildman–Crippen LogP) is 2.33. The summed E-state index contributed by atoms with van der Waals surface area (Å²) >= 11 is 0. The second-order valence-corrected chi connectivity index (χ2v) is 5.45. The van der Waals surface area contributed by atoms with Gasteiger partial charge >= 0.3 is 0 Å². The van der Waals surface area contributed by atoms with Crippen molar-refractivity contribution in [2.45, 2.75) is 52.5 Å². The van der Waals surface area contributed by atoms with Crippen LogP contribution in [0.4, 0.5) is 0 Å². The van der Waals surface area contributed by atoms with Gasteiger partial charge in [0.2, 0.25) is 0 Å². The van der Waals surface area contributed by atoms with Gasteiger partial charge < -0.3 is 4.57 Å². The minimum absolute atomic E-state index is 0.0593. The van der Waals surface area contributed by atoms with Crippen molar-refractivity contribution in [3.05, 3.63) is 12.2 Å². The average Bonchev–Trinajstić information content (AvgIpc) is 2.27. The maximum Gasteiger partial charge on any atom is 0.138 e. The Balaban J connectivity index is 3.19. The molecule has 0 aliphatic rings. The van der Waals surface area contributed by atoms with Crippen molar-refractivity contribution >= 4 is 0 Å². The Kier molecular flexibility index (Phi) is 2.22. The van der Waals surface area contributed by atoms with Crippen LogP contribution in [-0.4, -0.2) is 14.8 Å². The maximum absolute atomic E-state index is 4.17. The minimum atomic E-state index is 0.0593. The number of nitrogens with zero attached hydrogens (tertiary/aromatic N) is 3. The molecule has 1 heterocycles. The van der Waals surface area contributed by atoms with Gasteiger partial charge in [0.15, 0.2) is 0 Å². The van der Waals surface area contributed by atoms with E-state index in [9.17, 15) is 0 Å². The lowest BCUT2D eigenvalue weighted by Crippen LogP contribution is -2.29. The maximum atomic E-state index is 4.17. The van der Waals surface area contributed by atoms with E-state index in [4.69, 9.17) is 0 Å². The van der Waals surface area contributed by atoms with Gasteiger partial charge in [-0.05, 0) is 20.8 Å². The van der Waals surface area contributed by atoms with E-state index in [2.05, 4.69) is 56.3 Å². The molecule has 0 saturated heterocycles. The zero-order valence-corrected chi connectivity index (χ0v) is 9.42. The lowest BCUT2D eigenvalue weighted by molar-refractivity contribution is 0.354. The smallest absolute Gasteiger partial charge is 0.138 e. The third-order valence-corrected chi connectivity index (χ3v) is 1.94. The molecule has 0 radical (unpaired) electrons. The highest BCUT2D eigenvalue weighted by molar-refractivity contribution is 5.04. The molecule has 1 aromatic heterocycles. The van der Waals surface area contributed by atoms with Gasteiger partial charge in [0.05, 0.1) is 0 Å². The van der Waals surface area contributed by atoms with Crippen LogP contribution >= 0.6 is 0 Å². The molecule has 3 heteroatoms. The van der Waals surface area contributed by atoms with Gasteiger partial charge in [0.1, 0.15) is 12.2 Å². The lowest BCUT2D eigenvalue weighted by Gasteiger charge is -2.27. The zero-order chi connectivity index (χ0) is 10.3. The summed E-state index contributed by atoms with van der Waals surface area (Å²) in [6, 6.07) is 0. The number of hydrogen-bond donors (Lipinski definition) is 0. The third-order valence-electron chi connectivity index (χ3n) is 1.94. The molecule has 1 rings (SSSR count). The zero-order valence-electron chi connectivity index (χ0n) is 9.42. The average molecular weight is 181 g/mol. The van der Waals surface area contributed by atoms with E-state index in [-0.39, 0.29) is 11.0 Å². The highest BCUT2D eigenvalue weighted by Gasteiger charge is 2.25. The van der Waals surface area contributed by atoms with Gasteiger partial charge in [-0.2, -0.15) is 0 Å². The summed E-state index contributed by atoms with van der Waals surface area (Å²) in [6.07, 6.45) is 1.81. The molecule has 3 nitrogen and oxygen atoms in total. The summed E-state index contributed by atoms with van der Waals surface area (Å²) in [5.41, 5.74) is 0.121. The van der Waals surface area contributed by atoms with Gasteiger partial charge in [0, 0.05) is 11.0 Å². The topological polar surface area (TPSA) is 30.7 Å². The molecule has 0 fully saturated rings. The molecule has 0 amide bonds. The third kappa shape index (κ3) is 2.08. The van der Waals surface area contributed by atoms with E-state index in [1.165, 1.54) is 0 Å². The van der Waals surface area contributed by atoms with Crippen molar-refractivity contribution in [1.29, 1.82) is 0 Å². The van der Waals surface area contributed by atoms with E-state index >= 15 is 0 Å². The Hall–Kier alpha value is -0.860. The van der Waals surface area contributed by atoms with Crippen LogP contribution in [0.15, 0.2) is 6.33 Å². The fraction of sp³-hybridized carbons (Fsp3) is 0.800. The Morgan fingerprint density at radius 1 is 1.08 bits per heavy atom. The first-order chi connectivity index (χ1) is 5.73. The summed E-state index contributed by atoms with van der Waals surface area (Å²) in [4.78, 5) is 0. The van der Waals surface area contributed by atoms with Crippen LogP contribution in [0.25, 0.3) is 0 Å². The first kappa shape index (κ1) is 10.2. The van der Waals surface area contributed by atoms with Gasteiger partial charge in [-0.25, -0.2) is 0 Å². The van der Waals surface area contributed by atoms with Gasteiger partial charge in [-0.1, -0.05) is 20.8 Å². The molecule has 0 unspecified atom stereocenters. The van der Waals surface area contributed by atoms with Crippen molar-refractivity contribution in [2.24, 2.45) is 0 Å². The minimum Gasteiger partial charge on any atom is -0.312 e. The summed E-state index contributed by atoms with van der Waals surface area (Å²) < 4.78 is 2.13. The van der Waals surface area contributed by atoms with Crippen molar-refractivity contribution in [3.63, 3.8) is 0 Å². The second kappa shape index (κ2) is 2.82. The van der Waals surface area contributed by atoms with Gasteiger partial charge in [0.25, 0.3) is 0 Å². The molecule has 0 aromatic carbocycles. The molecule has 13 heavy (non-hydrogen) atoms. The fourth-order valence-corrected chi connectivity index (χ4v) is 1.24. The molecular formula is C10H19N3. The predicted molar refractivity (Wildman–Crippen MR) is 53.7 cm³/mol. The first-order valence-electron chi connectivity index (χ1n) is 4.64. The molecule has 1 aromatic rings. The molecule has 0 aliphatic heterocycles. The van der Waals surface area contributed by atoms with E-state index in [0.717, 1.165) is 5.82 Å². The molecule has 0 aliphatic carbocycles. The lowest BCUT2D eigenvalue weighted by atomic mass is 9.94. The highest BCUT2D eigenvalue weighted by atomic mass is 15.3.